The number of ether oxygens (including phenoxy) is 1. The van der Waals surface area contributed by atoms with Crippen molar-refractivity contribution in [1.29, 1.82) is 0 Å². The Morgan fingerprint density at radius 1 is 1.25 bits per heavy atom. The third-order valence-corrected chi connectivity index (χ3v) is 3.90. The largest absolute Gasteiger partial charge is 0.468 e. The van der Waals surface area contributed by atoms with E-state index in [1.54, 1.807) is 0 Å². The third kappa shape index (κ3) is 3.21. The van der Waals surface area contributed by atoms with Crippen LogP contribution in [0.25, 0.3) is 0 Å². The van der Waals surface area contributed by atoms with Crippen molar-refractivity contribution in [2.45, 2.75) is 51.0 Å². The average Bonchev–Trinajstić information content (AvgIpc) is 3.15. The van der Waals surface area contributed by atoms with Crippen molar-refractivity contribution in [3.05, 3.63) is 0 Å². The van der Waals surface area contributed by atoms with Gasteiger partial charge in [-0.3, -0.25) is 4.79 Å². The zero-order valence-corrected chi connectivity index (χ0v) is 10.2. The Labute approximate surface area is 97.9 Å². The van der Waals surface area contributed by atoms with Crippen LogP contribution in [-0.2, 0) is 9.53 Å². The lowest BCUT2D eigenvalue weighted by molar-refractivity contribution is -0.143. The normalized spacial score (nSPS) is 24.1. The van der Waals surface area contributed by atoms with Crippen molar-refractivity contribution in [2.75, 3.05) is 13.7 Å². The van der Waals surface area contributed by atoms with Gasteiger partial charge in [-0.2, -0.15) is 0 Å². The Hall–Kier alpha value is -0.570. The lowest BCUT2D eigenvalue weighted by Crippen LogP contribution is -2.42. The van der Waals surface area contributed by atoms with Gasteiger partial charge in [0.2, 0.25) is 0 Å². The minimum atomic E-state index is -0.0710. The lowest BCUT2D eigenvalue weighted by Gasteiger charge is -2.24. The first-order chi connectivity index (χ1) is 7.81. The van der Waals surface area contributed by atoms with Gasteiger partial charge >= 0.3 is 5.97 Å². The number of nitrogens with one attached hydrogen (secondary N) is 1. The first-order valence-electron chi connectivity index (χ1n) is 6.62. The summed E-state index contributed by atoms with van der Waals surface area (Å²) >= 11 is 0. The lowest BCUT2D eigenvalue weighted by atomic mass is 9.89. The van der Waals surface area contributed by atoms with Crippen molar-refractivity contribution in [2.24, 2.45) is 11.8 Å². The summed E-state index contributed by atoms with van der Waals surface area (Å²) in [7, 11) is 1.49. The summed E-state index contributed by atoms with van der Waals surface area (Å²) in [5.41, 5.74) is 0. The van der Waals surface area contributed by atoms with Gasteiger partial charge in [-0.1, -0.05) is 19.3 Å². The summed E-state index contributed by atoms with van der Waals surface area (Å²) in [6.07, 6.45) is 9.11. The van der Waals surface area contributed by atoms with E-state index in [4.69, 9.17) is 4.74 Å². The molecule has 0 aromatic heterocycles. The van der Waals surface area contributed by atoms with Crippen molar-refractivity contribution < 1.29 is 9.53 Å². The number of hydrogen-bond acceptors (Lipinski definition) is 3. The molecule has 2 rings (SSSR count). The number of rotatable bonds is 5. The maximum absolute atomic E-state index is 11.6. The summed E-state index contributed by atoms with van der Waals surface area (Å²) in [6, 6.07) is -0.0353. The molecule has 0 amide bonds. The van der Waals surface area contributed by atoms with E-state index >= 15 is 0 Å². The van der Waals surface area contributed by atoms with Crippen molar-refractivity contribution in [1.82, 2.24) is 5.32 Å². The summed E-state index contributed by atoms with van der Waals surface area (Å²) in [4.78, 5) is 11.6. The van der Waals surface area contributed by atoms with E-state index in [0.29, 0.717) is 5.92 Å². The van der Waals surface area contributed by atoms with Gasteiger partial charge in [0, 0.05) is 0 Å². The SMILES string of the molecule is COC(=O)C(NCC1CCCCC1)C1CC1. The summed E-state index contributed by atoms with van der Waals surface area (Å²) in [5.74, 6) is 1.24. The molecule has 0 saturated heterocycles. The highest BCUT2D eigenvalue weighted by molar-refractivity contribution is 5.76. The van der Waals surface area contributed by atoms with Gasteiger partial charge in [0.25, 0.3) is 0 Å². The van der Waals surface area contributed by atoms with E-state index in [0.717, 1.165) is 12.5 Å². The van der Waals surface area contributed by atoms with Crippen molar-refractivity contribution >= 4 is 5.97 Å². The quantitative estimate of drug-likeness (QED) is 0.728. The standard InChI is InChI=1S/C13H23NO2/c1-16-13(15)12(11-7-8-11)14-9-10-5-3-2-4-6-10/h10-12,14H,2-9H2,1H3. The number of methoxy groups -OCH3 is 1. The molecule has 0 bridgehead atoms. The van der Waals surface area contributed by atoms with Crippen LogP contribution in [0.4, 0.5) is 0 Å². The highest BCUT2D eigenvalue weighted by atomic mass is 16.5. The van der Waals surface area contributed by atoms with Gasteiger partial charge in [0.15, 0.2) is 0 Å². The second-order valence-electron chi connectivity index (χ2n) is 5.25. The first-order valence-corrected chi connectivity index (χ1v) is 6.62. The van der Waals surface area contributed by atoms with E-state index in [2.05, 4.69) is 5.32 Å². The average molecular weight is 225 g/mol. The Kier molecular flexibility index (Phi) is 4.22. The molecule has 2 saturated carbocycles. The molecule has 1 N–H and O–H groups in total. The van der Waals surface area contributed by atoms with Gasteiger partial charge in [-0.25, -0.2) is 0 Å². The summed E-state index contributed by atoms with van der Waals surface area (Å²) < 4.78 is 4.85. The Morgan fingerprint density at radius 2 is 1.94 bits per heavy atom. The molecule has 16 heavy (non-hydrogen) atoms. The van der Waals surface area contributed by atoms with Gasteiger partial charge < -0.3 is 10.1 Å². The molecule has 0 heterocycles. The van der Waals surface area contributed by atoms with Crippen molar-refractivity contribution in [3.8, 4) is 0 Å². The molecule has 0 aromatic carbocycles. The molecule has 2 fully saturated rings. The Morgan fingerprint density at radius 3 is 2.50 bits per heavy atom. The van der Waals surface area contributed by atoms with Crippen LogP contribution in [0.15, 0.2) is 0 Å². The number of carbonyl (C=O) groups excluding carboxylic acids is 1. The highest BCUT2D eigenvalue weighted by Gasteiger charge is 2.36. The third-order valence-electron chi connectivity index (χ3n) is 3.90. The fraction of sp³-hybridized carbons (Fsp3) is 0.923. The predicted octanol–water partition coefficient (Wildman–Crippen LogP) is 2.11. The van der Waals surface area contributed by atoms with Crippen LogP contribution in [0.5, 0.6) is 0 Å². The highest BCUT2D eigenvalue weighted by Crippen LogP contribution is 2.33. The predicted molar refractivity (Wildman–Crippen MR) is 63.1 cm³/mol. The molecule has 0 radical (unpaired) electrons. The van der Waals surface area contributed by atoms with E-state index in [9.17, 15) is 4.79 Å². The fourth-order valence-electron chi connectivity index (χ4n) is 2.68. The summed E-state index contributed by atoms with van der Waals surface area (Å²) in [6.45, 7) is 0.996. The number of hydrogen-bond donors (Lipinski definition) is 1. The molecule has 0 aromatic rings. The fourth-order valence-corrected chi connectivity index (χ4v) is 2.68. The minimum Gasteiger partial charge on any atom is -0.468 e. The molecule has 2 aliphatic carbocycles. The molecular formula is C13H23NO2. The number of carbonyl (C=O) groups is 1. The van der Waals surface area contributed by atoms with Gasteiger partial charge in [0.05, 0.1) is 7.11 Å². The molecule has 3 heteroatoms. The monoisotopic (exact) mass is 225 g/mol. The minimum absolute atomic E-state index is 0.0353. The van der Waals surface area contributed by atoms with E-state index < -0.39 is 0 Å². The Bertz CT molecular complexity index is 232. The smallest absolute Gasteiger partial charge is 0.323 e. The molecule has 1 atom stereocenters. The van der Waals surface area contributed by atoms with E-state index in [1.165, 1.54) is 52.1 Å². The zero-order valence-electron chi connectivity index (χ0n) is 10.2. The van der Waals surface area contributed by atoms with Crippen LogP contribution < -0.4 is 5.32 Å². The second kappa shape index (κ2) is 5.67. The molecule has 1 unspecified atom stereocenters. The maximum atomic E-state index is 11.6. The summed E-state index contributed by atoms with van der Waals surface area (Å²) in [5, 5.41) is 3.43. The second-order valence-corrected chi connectivity index (χ2v) is 5.25. The first kappa shape index (κ1) is 11.9. The van der Waals surface area contributed by atoms with Crippen LogP contribution in [0.2, 0.25) is 0 Å². The van der Waals surface area contributed by atoms with Crippen LogP contribution in [0, 0.1) is 11.8 Å². The molecular weight excluding hydrogens is 202 g/mol. The van der Waals surface area contributed by atoms with Gasteiger partial charge in [0.1, 0.15) is 6.04 Å². The molecule has 0 spiro atoms. The maximum Gasteiger partial charge on any atom is 0.323 e. The van der Waals surface area contributed by atoms with Gasteiger partial charge in [-0.15, -0.1) is 0 Å². The molecule has 0 aliphatic heterocycles. The molecule has 3 nitrogen and oxygen atoms in total. The van der Waals surface area contributed by atoms with Crippen LogP contribution in [-0.4, -0.2) is 25.7 Å². The van der Waals surface area contributed by atoms with Crippen molar-refractivity contribution in [3.63, 3.8) is 0 Å². The molecule has 2 aliphatic rings. The number of esters is 1. The van der Waals surface area contributed by atoms with Gasteiger partial charge in [-0.05, 0) is 44.1 Å². The van der Waals surface area contributed by atoms with E-state index in [-0.39, 0.29) is 12.0 Å². The van der Waals surface area contributed by atoms with E-state index in [1.807, 2.05) is 0 Å². The van der Waals surface area contributed by atoms with Crippen LogP contribution >= 0.6 is 0 Å². The Balaban J connectivity index is 1.74. The molecule has 92 valence electrons. The zero-order chi connectivity index (χ0) is 11.4. The van der Waals surface area contributed by atoms with Crippen LogP contribution in [0.1, 0.15) is 44.9 Å². The topological polar surface area (TPSA) is 38.3 Å². The van der Waals surface area contributed by atoms with Crippen LogP contribution in [0.3, 0.4) is 0 Å².